The number of fused-ring (bicyclic) bond motifs is 2. The number of hydrogen-bond donors (Lipinski definition) is 0. The molecule has 0 N–H and O–H groups in total. The molecule has 0 bridgehead atoms. The fraction of sp³-hybridized carbons (Fsp3) is 0. The lowest BCUT2D eigenvalue weighted by Gasteiger charge is -2.07. The van der Waals surface area contributed by atoms with E-state index in [0.29, 0.717) is 13.2 Å². The van der Waals surface area contributed by atoms with Gasteiger partial charge in [-0.1, -0.05) is 0 Å². The normalized spacial score (nSPS) is 17.0. The van der Waals surface area contributed by atoms with Crippen LogP contribution in [-0.2, 0) is 0 Å². The zero-order valence-electron chi connectivity index (χ0n) is 7.24. The van der Waals surface area contributed by atoms with Crippen LogP contribution in [0.25, 0.3) is 6.08 Å². The van der Waals surface area contributed by atoms with Crippen LogP contribution in [0.1, 0.15) is 5.69 Å². The highest BCUT2D eigenvalue weighted by molar-refractivity contribution is 6.26. The van der Waals surface area contributed by atoms with Crippen LogP contribution < -0.4 is 0 Å². The Hall–Kier alpha value is -1.65. The molecular formula is C9H6BF2N2+. The van der Waals surface area contributed by atoms with Crippen LogP contribution in [0.15, 0.2) is 24.0 Å². The summed E-state index contributed by atoms with van der Waals surface area (Å²) in [4.78, 5) is 0. The van der Waals surface area contributed by atoms with Crippen molar-refractivity contribution in [2.75, 3.05) is 0 Å². The Labute approximate surface area is 79.8 Å². The number of allylic oxidation sites excluding steroid dienone is 2. The third-order valence-electron chi connectivity index (χ3n) is 2.47. The number of halogens is 2. The summed E-state index contributed by atoms with van der Waals surface area (Å²) in [5.74, 6) is -1.56. The van der Waals surface area contributed by atoms with Crippen molar-refractivity contribution in [3.05, 3.63) is 41.4 Å². The van der Waals surface area contributed by atoms with Crippen LogP contribution in [-0.4, -0.2) is 22.7 Å². The molecule has 0 amide bonds. The quantitative estimate of drug-likeness (QED) is 0.538. The molecule has 5 heteroatoms. The molecule has 3 heterocycles. The second kappa shape index (κ2) is 2.44. The largest absolute Gasteiger partial charge is 0.604 e. The van der Waals surface area contributed by atoms with Gasteiger partial charge in [-0.15, -0.1) is 0 Å². The predicted octanol–water partition coefficient (Wildman–Crippen LogP) is 0.888. The molecule has 68 valence electrons. The first-order valence-electron chi connectivity index (χ1n) is 4.30. The molecule has 14 heavy (non-hydrogen) atoms. The Bertz CT molecular complexity index is 511. The van der Waals surface area contributed by atoms with Crippen LogP contribution in [0, 0.1) is 11.6 Å². The van der Waals surface area contributed by atoms with Gasteiger partial charge in [0.2, 0.25) is 0 Å². The Morgan fingerprint density at radius 1 is 1.36 bits per heavy atom. The van der Waals surface area contributed by atoms with Gasteiger partial charge in [0.1, 0.15) is 6.21 Å². The van der Waals surface area contributed by atoms with Crippen molar-refractivity contribution in [3.8, 4) is 0 Å². The minimum Gasteiger partial charge on any atom is -0.324 e. The lowest BCUT2D eigenvalue weighted by Crippen LogP contribution is -2.25. The molecule has 0 radical (unpaired) electrons. The van der Waals surface area contributed by atoms with Crippen molar-refractivity contribution in [3.63, 3.8) is 0 Å². The Balaban J connectivity index is 2.24. The van der Waals surface area contributed by atoms with Crippen LogP contribution in [0.2, 0.25) is 0 Å². The summed E-state index contributed by atoms with van der Waals surface area (Å²) in [6, 6.07) is 0. The number of hydrogen-bond acceptors (Lipinski definition) is 0. The van der Waals surface area contributed by atoms with Crippen molar-refractivity contribution in [2.24, 2.45) is 0 Å². The highest BCUT2D eigenvalue weighted by Crippen LogP contribution is 2.22. The van der Waals surface area contributed by atoms with Gasteiger partial charge in [0.15, 0.2) is 17.3 Å². The Morgan fingerprint density at radius 3 is 3.07 bits per heavy atom. The maximum absolute atomic E-state index is 13.2. The number of aromatic nitrogens is 1. The van der Waals surface area contributed by atoms with E-state index in [1.807, 2.05) is 22.9 Å². The first-order valence-corrected chi connectivity index (χ1v) is 4.30. The highest BCUT2D eigenvalue weighted by atomic mass is 19.2. The van der Waals surface area contributed by atoms with E-state index in [9.17, 15) is 8.78 Å². The van der Waals surface area contributed by atoms with Gasteiger partial charge in [-0.05, 0) is 0 Å². The molecule has 0 aliphatic carbocycles. The summed E-state index contributed by atoms with van der Waals surface area (Å²) in [5, 5.41) is 0. The van der Waals surface area contributed by atoms with E-state index in [-0.39, 0.29) is 0 Å². The van der Waals surface area contributed by atoms with E-state index in [0.717, 1.165) is 5.70 Å². The molecule has 0 saturated heterocycles. The third-order valence-corrected chi connectivity index (χ3v) is 2.47. The molecular weight excluding hydrogens is 185 g/mol. The standard InChI is InChI=1S/C9H6BF2N2/c11-7-5-14-8(9(7)12)4-6-2-1-3-13(6)10-14/h1-5,10H/q+1. The number of rotatable bonds is 0. The average Bonchev–Trinajstić information content (AvgIpc) is 2.70. The summed E-state index contributed by atoms with van der Waals surface area (Å²) in [6.07, 6.45) is 8.46. The molecule has 0 aromatic carbocycles. The molecule has 2 aliphatic rings. The lowest BCUT2D eigenvalue weighted by molar-refractivity contribution is -0.306. The van der Waals surface area contributed by atoms with Crippen LogP contribution in [0.4, 0.5) is 8.78 Å². The number of nitrogens with zero attached hydrogens (tertiary/aromatic N) is 2. The summed E-state index contributed by atoms with van der Waals surface area (Å²) < 4.78 is 29.6. The van der Waals surface area contributed by atoms with E-state index in [2.05, 4.69) is 0 Å². The van der Waals surface area contributed by atoms with E-state index in [1.165, 1.54) is 6.20 Å². The molecule has 0 fully saturated rings. The molecule has 2 nitrogen and oxygen atoms in total. The summed E-state index contributed by atoms with van der Waals surface area (Å²) in [5.41, 5.74) is 1.21. The van der Waals surface area contributed by atoms with Gasteiger partial charge in [0, 0.05) is 24.4 Å². The third kappa shape index (κ3) is 0.866. The summed E-state index contributed by atoms with van der Waals surface area (Å²) in [7, 11) is 0.467. The Morgan fingerprint density at radius 2 is 2.21 bits per heavy atom. The molecule has 3 rings (SSSR count). The molecule has 0 saturated carbocycles. The van der Waals surface area contributed by atoms with E-state index < -0.39 is 11.6 Å². The van der Waals surface area contributed by atoms with E-state index in [4.69, 9.17) is 0 Å². The van der Waals surface area contributed by atoms with Crippen molar-refractivity contribution in [1.29, 1.82) is 0 Å². The van der Waals surface area contributed by atoms with E-state index >= 15 is 0 Å². The fourth-order valence-electron chi connectivity index (χ4n) is 1.77. The Kier molecular flexibility index (Phi) is 1.35. The monoisotopic (exact) mass is 191 g/mol. The predicted molar refractivity (Wildman–Crippen MR) is 50.3 cm³/mol. The second-order valence-electron chi connectivity index (χ2n) is 3.33. The molecule has 0 unspecified atom stereocenters. The minimum atomic E-state index is -0.790. The van der Waals surface area contributed by atoms with Gasteiger partial charge >= 0.3 is 7.55 Å². The smallest absolute Gasteiger partial charge is 0.324 e. The summed E-state index contributed by atoms with van der Waals surface area (Å²) >= 11 is 0. The van der Waals surface area contributed by atoms with Crippen LogP contribution >= 0.6 is 0 Å². The van der Waals surface area contributed by atoms with Crippen LogP contribution in [0.3, 0.4) is 0 Å². The van der Waals surface area contributed by atoms with Crippen molar-refractivity contribution in [2.45, 2.75) is 0 Å². The first-order chi connectivity index (χ1) is 6.75. The highest BCUT2D eigenvalue weighted by Gasteiger charge is 2.29. The van der Waals surface area contributed by atoms with Gasteiger partial charge in [-0.25, -0.2) is 8.78 Å². The molecule has 0 spiro atoms. The van der Waals surface area contributed by atoms with Gasteiger partial charge < -0.3 is 4.48 Å². The average molecular weight is 191 g/mol. The molecule has 1 aromatic heterocycles. The van der Waals surface area contributed by atoms with Crippen molar-refractivity contribution in [1.82, 2.24) is 4.48 Å². The van der Waals surface area contributed by atoms with Gasteiger partial charge in [0.05, 0.1) is 5.69 Å². The zero-order chi connectivity index (χ0) is 9.71. The maximum atomic E-state index is 13.2. The van der Waals surface area contributed by atoms with Crippen molar-refractivity contribution >= 4 is 19.8 Å². The SMILES string of the molecule is Fc1cn2c(c1F)C=C1C=CC=[N+]1B2. The van der Waals surface area contributed by atoms with Gasteiger partial charge in [-0.3, -0.25) is 4.49 Å². The molecule has 1 aromatic rings. The maximum Gasteiger partial charge on any atom is 0.604 e. The van der Waals surface area contributed by atoms with Gasteiger partial charge in [0.25, 0.3) is 0 Å². The summed E-state index contributed by atoms with van der Waals surface area (Å²) in [6.45, 7) is 0. The molecule has 2 aliphatic heterocycles. The zero-order valence-corrected chi connectivity index (χ0v) is 7.24. The second-order valence-corrected chi connectivity index (χ2v) is 3.33. The van der Waals surface area contributed by atoms with Crippen molar-refractivity contribution < 1.29 is 13.3 Å². The van der Waals surface area contributed by atoms with Gasteiger partial charge in [-0.2, -0.15) is 0 Å². The fourth-order valence-corrected chi connectivity index (χ4v) is 1.77. The first kappa shape index (κ1) is 7.73. The van der Waals surface area contributed by atoms with E-state index in [1.54, 1.807) is 10.6 Å². The lowest BCUT2D eigenvalue weighted by atomic mass is 10.0. The minimum absolute atomic E-state index is 0.314. The molecule has 0 atom stereocenters. The topological polar surface area (TPSA) is 7.94 Å². The van der Waals surface area contributed by atoms with Crippen LogP contribution in [0.5, 0.6) is 0 Å².